The molecule has 2 aromatic rings. The van der Waals surface area contributed by atoms with Gasteiger partial charge in [0.2, 0.25) is 11.8 Å². The molecule has 0 unspecified atom stereocenters. The molecule has 0 aliphatic carbocycles. The number of hydrogen-bond acceptors (Lipinski definition) is 4. The second-order valence-electron chi connectivity index (χ2n) is 8.25. The smallest absolute Gasteiger partial charge is 0.304 e. The van der Waals surface area contributed by atoms with Crippen LogP contribution in [0.4, 0.5) is 10.1 Å². The average Bonchev–Trinajstić information content (AvgIpc) is 2.81. The zero-order valence-electron chi connectivity index (χ0n) is 20.2. The van der Waals surface area contributed by atoms with Crippen LogP contribution in [0.15, 0.2) is 54.6 Å². The van der Waals surface area contributed by atoms with Gasteiger partial charge >= 0.3 is 10.2 Å². The van der Waals surface area contributed by atoms with Gasteiger partial charge in [0.05, 0.1) is 5.69 Å². The minimum atomic E-state index is -4.21. The summed E-state index contributed by atoms with van der Waals surface area (Å²) in [7, 11) is -1.60. The van der Waals surface area contributed by atoms with E-state index in [9.17, 15) is 22.4 Å². The lowest BCUT2D eigenvalue weighted by atomic mass is 10.1. The number of nitrogens with one attached hydrogen (secondary N) is 1. The molecule has 1 N–H and O–H groups in total. The summed E-state index contributed by atoms with van der Waals surface area (Å²) in [6, 6.07) is 13.4. The summed E-state index contributed by atoms with van der Waals surface area (Å²) in [5.41, 5.74) is 0.521. The average molecular weight is 493 g/mol. The molecule has 2 rings (SSSR count). The Balaban J connectivity index is 2.44. The first kappa shape index (κ1) is 27.3. The highest BCUT2D eigenvalue weighted by Crippen LogP contribution is 2.23. The predicted octanol–water partition coefficient (Wildman–Crippen LogP) is 2.77. The van der Waals surface area contributed by atoms with Gasteiger partial charge in [-0.25, -0.2) is 8.70 Å². The van der Waals surface area contributed by atoms with Crippen molar-refractivity contribution < 1.29 is 22.4 Å². The van der Waals surface area contributed by atoms with Crippen molar-refractivity contribution in [2.45, 2.75) is 45.8 Å². The number of rotatable bonds is 11. The topological polar surface area (TPSA) is 90.0 Å². The van der Waals surface area contributed by atoms with Crippen molar-refractivity contribution >= 4 is 27.7 Å². The molecule has 0 radical (unpaired) electrons. The van der Waals surface area contributed by atoms with Gasteiger partial charge in [-0.05, 0) is 38.0 Å². The SMILES string of the molecule is CC[C@H](C)NC(=O)[C@@H](C)N(Cc1ccccc1)C(=O)CN(c1ccccc1F)S(=O)(=O)N(C)C. The largest absolute Gasteiger partial charge is 0.352 e. The molecular formula is C24H33FN4O4S. The normalized spacial score (nSPS) is 13.3. The van der Waals surface area contributed by atoms with Gasteiger partial charge in [-0.2, -0.15) is 12.7 Å². The molecule has 0 heterocycles. The maximum atomic E-state index is 14.6. The maximum Gasteiger partial charge on any atom is 0.304 e. The highest BCUT2D eigenvalue weighted by molar-refractivity contribution is 7.90. The summed E-state index contributed by atoms with van der Waals surface area (Å²) >= 11 is 0. The monoisotopic (exact) mass is 492 g/mol. The highest BCUT2D eigenvalue weighted by atomic mass is 32.2. The number of halogens is 1. The van der Waals surface area contributed by atoms with Crippen molar-refractivity contribution in [3.05, 3.63) is 66.0 Å². The zero-order chi connectivity index (χ0) is 25.5. The number of amides is 2. The third-order valence-corrected chi connectivity index (χ3v) is 7.31. The Kier molecular flexibility index (Phi) is 9.57. The molecule has 0 bridgehead atoms. The van der Waals surface area contributed by atoms with Crippen molar-refractivity contribution in [3.63, 3.8) is 0 Å². The van der Waals surface area contributed by atoms with E-state index in [-0.39, 0.29) is 24.2 Å². The van der Waals surface area contributed by atoms with E-state index in [4.69, 9.17) is 0 Å². The number of carbonyl (C=O) groups is 2. The highest BCUT2D eigenvalue weighted by Gasteiger charge is 2.33. The quantitative estimate of drug-likeness (QED) is 0.522. The Morgan fingerprint density at radius 3 is 2.15 bits per heavy atom. The number of anilines is 1. The summed E-state index contributed by atoms with van der Waals surface area (Å²) in [6.45, 7) is 4.79. The zero-order valence-corrected chi connectivity index (χ0v) is 21.0. The molecular weight excluding hydrogens is 459 g/mol. The number of hydrogen-bond donors (Lipinski definition) is 1. The van der Waals surface area contributed by atoms with Crippen molar-refractivity contribution in [1.29, 1.82) is 0 Å². The lowest BCUT2D eigenvalue weighted by Gasteiger charge is -2.33. The van der Waals surface area contributed by atoms with Gasteiger partial charge in [0.25, 0.3) is 0 Å². The van der Waals surface area contributed by atoms with E-state index in [1.54, 1.807) is 6.92 Å². The molecule has 0 saturated carbocycles. The Hall–Kier alpha value is -2.98. The van der Waals surface area contributed by atoms with Crippen molar-refractivity contribution in [2.24, 2.45) is 0 Å². The van der Waals surface area contributed by atoms with Gasteiger partial charge in [-0.3, -0.25) is 9.59 Å². The van der Waals surface area contributed by atoms with Crippen molar-refractivity contribution in [3.8, 4) is 0 Å². The molecule has 0 aromatic heterocycles. The molecule has 2 atom stereocenters. The van der Waals surface area contributed by atoms with Crippen LogP contribution >= 0.6 is 0 Å². The number of para-hydroxylation sites is 1. The summed E-state index contributed by atoms with van der Waals surface area (Å²) in [5.74, 6) is -1.77. The molecule has 0 saturated heterocycles. The van der Waals surface area contributed by atoms with Gasteiger partial charge in [-0.1, -0.05) is 49.4 Å². The Labute approximate surface area is 201 Å². The fourth-order valence-electron chi connectivity index (χ4n) is 3.18. The van der Waals surface area contributed by atoms with Crippen LogP contribution in [0, 0.1) is 5.82 Å². The summed E-state index contributed by atoms with van der Waals surface area (Å²) < 4.78 is 42.3. The van der Waals surface area contributed by atoms with Gasteiger partial charge in [-0.15, -0.1) is 0 Å². The fraction of sp³-hybridized carbons (Fsp3) is 0.417. The van der Waals surface area contributed by atoms with E-state index < -0.39 is 34.5 Å². The van der Waals surface area contributed by atoms with Crippen LogP contribution in [-0.4, -0.2) is 62.2 Å². The van der Waals surface area contributed by atoms with E-state index in [2.05, 4.69) is 5.32 Å². The van der Waals surface area contributed by atoms with Crippen molar-refractivity contribution in [1.82, 2.24) is 14.5 Å². The van der Waals surface area contributed by atoms with E-state index in [1.165, 1.54) is 37.2 Å². The first-order valence-electron chi connectivity index (χ1n) is 11.1. The van der Waals surface area contributed by atoms with E-state index in [0.717, 1.165) is 20.2 Å². The Morgan fingerprint density at radius 1 is 1.00 bits per heavy atom. The number of benzene rings is 2. The van der Waals surface area contributed by atoms with Crippen LogP contribution in [0.2, 0.25) is 0 Å². The molecule has 0 aliphatic heterocycles. The van der Waals surface area contributed by atoms with E-state index in [1.807, 2.05) is 44.2 Å². The Bertz CT molecular complexity index is 1080. The van der Waals surface area contributed by atoms with Crippen LogP contribution in [0.25, 0.3) is 0 Å². The molecule has 0 spiro atoms. The lowest BCUT2D eigenvalue weighted by Crippen LogP contribution is -2.53. The van der Waals surface area contributed by atoms with Gasteiger partial charge in [0.1, 0.15) is 18.4 Å². The fourth-order valence-corrected chi connectivity index (χ4v) is 4.25. The Morgan fingerprint density at radius 2 is 1.59 bits per heavy atom. The van der Waals surface area contributed by atoms with Gasteiger partial charge < -0.3 is 10.2 Å². The molecule has 0 fully saturated rings. The first-order valence-corrected chi connectivity index (χ1v) is 12.5. The summed E-state index contributed by atoms with van der Waals surface area (Å²) in [5, 5.41) is 2.86. The maximum absolute atomic E-state index is 14.6. The third kappa shape index (κ3) is 6.77. The van der Waals surface area contributed by atoms with Crippen LogP contribution in [0.5, 0.6) is 0 Å². The molecule has 10 heteroatoms. The summed E-state index contributed by atoms with van der Waals surface area (Å²) in [6.07, 6.45) is 0.716. The van der Waals surface area contributed by atoms with E-state index >= 15 is 0 Å². The molecule has 0 aliphatic rings. The van der Waals surface area contributed by atoms with E-state index in [0.29, 0.717) is 6.42 Å². The standard InChI is InChI=1S/C24H33FN4O4S/c1-6-18(2)26-24(31)19(3)28(16-20-12-8-7-9-13-20)23(30)17-29(34(32,33)27(4)5)22-15-11-10-14-21(22)25/h7-15,18-19H,6,16-17H2,1-5H3,(H,26,31)/t18-,19+/m0/s1. The van der Waals surface area contributed by atoms with Crippen LogP contribution < -0.4 is 9.62 Å². The van der Waals surface area contributed by atoms with Crippen LogP contribution in [-0.2, 0) is 26.3 Å². The predicted molar refractivity (Wildman–Crippen MR) is 131 cm³/mol. The van der Waals surface area contributed by atoms with Crippen LogP contribution in [0.3, 0.4) is 0 Å². The third-order valence-electron chi connectivity index (χ3n) is 5.50. The molecule has 2 amide bonds. The lowest BCUT2D eigenvalue weighted by molar-refractivity contribution is -0.139. The minimum absolute atomic E-state index is 0.0852. The number of nitrogens with zero attached hydrogens (tertiary/aromatic N) is 3. The van der Waals surface area contributed by atoms with Crippen LogP contribution in [0.1, 0.15) is 32.8 Å². The van der Waals surface area contributed by atoms with Gasteiger partial charge in [0.15, 0.2) is 0 Å². The number of carbonyl (C=O) groups excluding carboxylic acids is 2. The molecule has 8 nitrogen and oxygen atoms in total. The minimum Gasteiger partial charge on any atom is -0.352 e. The molecule has 34 heavy (non-hydrogen) atoms. The van der Waals surface area contributed by atoms with Crippen molar-refractivity contribution in [2.75, 3.05) is 24.9 Å². The first-order chi connectivity index (χ1) is 16.0. The molecule has 2 aromatic carbocycles. The second kappa shape index (κ2) is 11.9. The second-order valence-corrected chi connectivity index (χ2v) is 10.3. The molecule has 186 valence electrons. The summed E-state index contributed by atoms with van der Waals surface area (Å²) in [4.78, 5) is 27.7. The van der Waals surface area contributed by atoms with Gasteiger partial charge in [0, 0.05) is 26.7 Å².